The minimum absolute atomic E-state index is 0.0542. The fourth-order valence-electron chi connectivity index (χ4n) is 3.17. The van der Waals surface area contributed by atoms with Gasteiger partial charge in [-0.25, -0.2) is 0 Å². The molecule has 0 N–H and O–H groups in total. The normalized spacial score (nSPS) is 16.7. The number of fused-ring (bicyclic) bond motifs is 1. The van der Waals surface area contributed by atoms with Crippen molar-refractivity contribution in [2.75, 3.05) is 44.3 Å². The summed E-state index contributed by atoms with van der Waals surface area (Å²) in [5.41, 5.74) is 1.78. The van der Waals surface area contributed by atoms with Gasteiger partial charge in [0.1, 0.15) is 13.2 Å². The van der Waals surface area contributed by atoms with Crippen LogP contribution < -0.4 is 14.4 Å². The SMILES string of the molecule is O=C(c1ccc(Cl)cc1)N1CCN(c2ccc3c(c2)OCCO3)CC1. The van der Waals surface area contributed by atoms with Crippen LogP contribution in [0.3, 0.4) is 0 Å². The lowest BCUT2D eigenvalue weighted by molar-refractivity contribution is 0.0746. The summed E-state index contributed by atoms with van der Waals surface area (Å²) in [6.45, 7) is 4.14. The van der Waals surface area contributed by atoms with Crippen molar-refractivity contribution in [2.24, 2.45) is 0 Å². The first kappa shape index (κ1) is 16.1. The van der Waals surface area contributed by atoms with E-state index >= 15 is 0 Å². The Balaban J connectivity index is 1.41. The second-order valence-corrected chi connectivity index (χ2v) is 6.55. The van der Waals surface area contributed by atoms with Gasteiger partial charge in [-0.1, -0.05) is 11.6 Å². The third-order valence-corrected chi connectivity index (χ3v) is 4.80. The van der Waals surface area contributed by atoms with E-state index < -0.39 is 0 Å². The van der Waals surface area contributed by atoms with Crippen LogP contribution in [0.1, 0.15) is 10.4 Å². The summed E-state index contributed by atoms with van der Waals surface area (Å²) in [5.74, 6) is 1.65. The number of rotatable bonds is 2. The zero-order chi connectivity index (χ0) is 17.2. The Hall–Kier alpha value is -2.40. The third-order valence-electron chi connectivity index (χ3n) is 4.55. The Morgan fingerprint density at radius 3 is 2.28 bits per heavy atom. The lowest BCUT2D eigenvalue weighted by Crippen LogP contribution is -2.48. The maximum absolute atomic E-state index is 12.6. The second-order valence-electron chi connectivity index (χ2n) is 6.11. The summed E-state index contributed by atoms with van der Waals surface area (Å²) >= 11 is 5.89. The Morgan fingerprint density at radius 1 is 0.880 bits per heavy atom. The van der Waals surface area contributed by atoms with Crippen LogP contribution in [-0.4, -0.2) is 50.2 Å². The van der Waals surface area contributed by atoms with Crippen molar-refractivity contribution in [2.45, 2.75) is 0 Å². The summed E-state index contributed by atoms with van der Waals surface area (Å²) in [6.07, 6.45) is 0. The topological polar surface area (TPSA) is 42.0 Å². The molecule has 4 rings (SSSR count). The van der Waals surface area contributed by atoms with E-state index in [0.29, 0.717) is 36.9 Å². The van der Waals surface area contributed by atoms with Gasteiger partial charge in [0, 0.05) is 48.5 Å². The van der Waals surface area contributed by atoms with Crippen LogP contribution in [-0.2, 0) is 0 Å². The first-order chi connectivity index (χ1) is 12.2. The second kappa shape index (κ2) is 6.84. The van der Waals surface area contributed by atoms with Crippen LogP contribution in [0, 0.1) is 0 Å². The van der Waals surface area contributed by atoms with Crippen LogP contribution in [0.2, 0.25) is 5.02 Å². The monoisotopic (exact) mass is 358 g/mol. The maximum atomic E-state index is 12.6. The van der Waals surface area contributed by atoms with E-state index in [1.807, 2.05) is 23.1 Å². The van der Waals surface area contributed by atoms with Gasteiger partial charge in [0.15, 0.2) is 11.5 Å². The number of anilines is 1. The highest BCUT2D eigenvalue weighted by Gasteiger charge is 2.23. The van der Waals surface area contributed by atoms with Crippen molar-refractivity contribution in [1.29, 1.82) is 0 Å². The van der Waals surface area contributed by atoms with Crippen molar-refractivity contribution in [3.8, 4) is 11.5 Å². The standard InChI is InChI=1S/C19H19ClN2O3/c20-15-3-1-14(2-4-15)19(23)22-9-7-21(8-10-22)16-5-6-17-18(13-16)25-12-11-24-17/h1-6,13H,7-12H2. The molecule has 25 heavy (non-hydrogen) atoms. The fourth-order valence-corrected chi connectivity index (χ4v) is 3.30. The molecule has 6 heteroatoms. The van der Waals surface area contributed by atoms with Crippen molar-refractivity contribution >= 4 is 23.2 Å². The largest absolute Gasteiger partial charge is 0.486 e. The van der Waals surface area contributed by atoms with Crippen molar-refractivity contribution < 1.29 is 14.3 Å². The van der Waals surface area contributed by atoms with Gasteiger partial charge in [-0.15, -0.1) is 0 Å². The number of hydrogen-bond acceptors (Lipinski definition) is 4. The van der Waals surface area contributed by atoms with E-state index in [9.17, 15) is 4.79 Å². The van der Waals surface area contributed by atoms with Crippen molar-refractivity contribution in [3.05, 3.63) is 53.1 Å². The fraction of sp³-hybridized carbons (Fsp3) is 0.316. The Kier molecular flexibility index (Phi) is 4.40. The number of carbonyl (C=O) groups excluding carboxylic acids is 1. The van der Waals surface area contributed by atoms with Crippen LogP contribution in [0.5, 0.6) is 11.5 Å². The van der Waals surface area contributed by atoms with Crippen LogP contribution >= 0.6 is 11.6 Å². The molecular weight excluding hydrogens is 340 g/mol. The van der Waals surface area contributed by atoms with E-state index in [2.05, 4.69) is 4.90 Å². The summed E-state index contributed by atoms with van der Waals surface area (Å²) in [4.78, 5) is 16.7. The van der Waals surface area contributed by atoms with E-state index in [0.717, 1.165) is 30.3 Å². The zero-order valence-electron chi connectivity index (χ0n) is 13.8. The van der Waals surface area contributed by atoms with E-state index in [1.165, 1.54) is 0 Å². The van der Waals surface area contributed by atoms with Gasteiger partial charge in [-0.2, -0.15) is 0 Å². The highest BCUT2D eigenvalue weighted by Crippen LogP contribution is 2.34. The molecule has 0 aliphatic carbocycles. The quantitative estimate of drug-likeness (QED) is 0.827. The Labute approximate surface area is 151 Å². The summed E-state index contributed by atoms with van der Waals surface area (Å²) < 4.78 is 11.2. The van der Waals surface area contributed by atoms with Gasteiger partial charge < -0.3 is 19.3 Å². The van der Waals surface area contributed by atoms with Crippen LogP contribution in [0.15, 0.2) is 42.5 Å². The first-order valence-electron chi connectivity index (χ1n) is 8.40. The number of piperazine rings is 1. The molecule has 0 radical (unpaired) electrons. The maximum Gasteiger partial charge on any atom is 0.253 e. The molecule has 2 aromatic rings. The lowest BCUT2D eigenvalue weighted by Gasteiger charge is -2.36. The molecule has 0 bridgehead atoms. The van der Waals surface area contributed by atoms with Gasteiger partial charge >= 0.3 is 0 Å². The molecule has 2 heterocycles. The molecule has 2 aromatic carbocycles. The number of halogens is 1. The summed E-state index contributed by atoms with van der Waals surface area (Å²) in [5, 5.41) is 0.639. The van der Waals surface area contributed by atoms with Gasteiger partial charge in [0.25, 0.3) is 5.91 Å². The molecule has 0 saturated carbocycles. The molecule has 1 fully saturated rings. The summed E-state index contributed by atoms with van der Waals surface area (Å²) in [6, 6.07) is 13.1. The van der Waals surface area contributed by atoms with E-state index in [1.54, 1.807) is 24.3 Å². The zero-order valence-corrected chi connectivity index (χ0v) is 14.5. The Bertz CT molecular complexity index is 771. The smallest absolute Gasteiger partial charge is 0.253 e. The predicted octanol–water partition coefficient (Wildman–Crippen LogP) is 3.07. The third kappa shape index (κ3) is 3.37. The van der Waals surface area contributed by atoms with E-state index in [-0.39, 0.29) is 5.91 Å². The van der Waals surface area contributed by atoms with Crippen LogP contribution in [0.4, 0.5) is 5.69 Å². The first-order valence-corrected chi connectivity index (χ1v) is 8.78. The number of nitrogens with zero attached hydrogens (tertiary/aromatic N) is 2. The molecule has 5 nitrogen and oxygen atoms in total. The van der Waals surface area contributed by atoms with E-state index in [4.69, 9.17) is 21.1 Å². The molecule has 2 aliphatic heterocycles. The van der Waals surface area contributed by atoms with Crippen LogP contribution in [0.25, 0.3) is 0 Å². The summed E-state index contributed by atoms with van der Waals surface area (Å²) in [7, 11) is 0. The average Bonchev–Trinajstić information content (AvgIpc) is 2.68. The molecule has 0 aromatic heterocycles. The van der Waals surface area contributed by atoms with Crippen molar-refractivity contribution in [1.82, 2.24) is 4.90 Å². The number of amides is 1. The van der Waals surface area contributed by atoms with Gasteiger partial charge in [0.2, 0.25) is 0 Å². The molecular formula is C19H19ClN2O3. The molecule has 0 unspecified atom stereocenters. The van der Waals surface area contributed by atoms with Gasteiger partial charge in [-0.3, -0.25) is 4.79 Å². The number of benzene rings is 2. The van der Waals surface area contributed by atoms with Gasteiger partial charge in [0.05, 0.1) is 0 Å². The van der Waals surface area contributed by atoms with Crippen molar-refractivity contribution in [3.63, 3.8) is 0 Å². The lowest BCUT2D eigenvalue weighted by atomic mass is 10.1. The minimum Gasteiger partial charge on any atom is -0.486 e. The van der Waals surface area contributed by atoms with Gasteiger partial charge in [-0.05, 0) is 36.4 Å². The molecule has 2 aliphatic rings. The highest BCUT2D eigenvalue weighted by molar-refractivity contribution is 6.30. The average molecular weight is 359 g/mol. The number of carbonyl (C=O) groups is 1. The molecule has 130 valence electrons. The highest BCUT2D eigenvalue weighted by atomic mass is 35.5. The number of hydrogen-bond donors (Lipinski definition) is 0. The molecule has 0 spiro atoms. The molecule has 1 amide bonds. The molecule has 1 saturated heterocycles. The Morgan fingerprint density at radius 2 is 1.56 bits per heavy atom. The molecule has 0 atom stereocenters. The number of ether oxygens (including phenoxy) is 2. The predicted molar refractivity (Wildman–Crippen MR) is 97.0 cm³/mol. The minimum atomic E-state index is 0.0542.